The van der Waals surface area contributed by atoms with Gasteiger partial charge in [0.05, 0.1) is 5.75 Å². The van der Waals surface area contributed by atoms with Crippen LogP contribution < -0.4 is 5.32 Å². The van der Waals surface area contributed by atoms with E-state index in [2.05, 4.69) is 36.3 Å². The van der Waals surface area contributed by atoms with Gasteiger partial charge in [-0.05, 0) is 28.7 Å². The molecule has 0 bridgehead atoms. The van der Waals surface area contributed by atoms with Crippen molar-refractivity contribution in [3.8, 4) is 0 Å². The van der Waals surface area contributed by atoms with Crippen LogP contribution in [0.15, 0.2) is 54.6 Å². The van der Waals surface area contributed by atoms with Crippen LogP contribution in [-0.2, 0) is 34.2 Å². The maximum atomic E-state index is 13.0. The Kier molecular flexibility index (Phi) is 5.92. The largest absolute Gasteiger partial charge is 0.305 e. The molecule has 0 saturated carbocycles. The molecule has 2 N–H and O–H groups in total. The number of carbonyl (C=O) groups excluding carboxylic acids is 1. The zero-order valence-corrected chi connectivity index (χ0v) is 19.4. The average molecular weight is 453 g/mol. The topological polar surface area (TPSA) is 95.2 Å². The van der Waals surface area contributed by atoms with Gasteiger partial charge in [-0.25, -0.2) is 8.42 Å². The minimum atomic E-state index is -3.49. The van der Waals surface area contributed by atoms with Crippen LogP contribution in [0.2, 0.25) is 0 Å². The number of anilines is 1. The Labute approximate surface area is 188 Å². The van der Waals surface area contributed by atoms with Crippen LogP contribution in [0.4, 0.5) is 5.82 Å². The van der Waals surface area contributed by atoms with E-state index in [1.54, 1.807) is 24.3 Å². The molecule has 1 amide bonds. The monoisotopic (exact) mass is 452 g/mol. The second-order valence-corrected chi connectivity index (χ2v) is 11.1. The highest BCUT2D eigenvalue weighted by Crippen LogP contribution is 2.27. The number of benzene rings is 2. The van der Waals surface area contributed by atoms with Crippen molar-refractivity contribution < 1.29 is 13.2 Å². The molecule has 0 spiro atoms. The quantitative estimate of drug-likeness (QED) is 0.615. The fourth-order valence-corrected chi connectivity index (χ4v) is 5.28. The number of amides is 1. The molecule has 2 heterocycles. The zero-order chi connectivity index (χ0) is 22.9. The van der Waals surface area contributed by atoms with Crippen molar-refractivity contribution in [3.05, 3.63) is 82.5 Å². The standard InChI is InChI=1S/C24H28N4O3S/c1-24(2,3)19-11-9-18(10-12-19)23(29)25-22-20-15-28(14-13-21(20)26-27-22)32(30,31)16-17-7-5-4-6-8-17/h4-12H,13-16H2,1-3H3,(H2,25,26,27,29). The number of aromatic amines is 1. The molecule has 32 heavy (non-hydrogen) atoms. The molecule has 4 rings (SSSR count). The van der Waals surface area contributed by atoms with Crippen molar-refractivity contribution in [2.24, 2.45) is 0 Å². The molecule has 7 nitrogen and oxygen atoms in total. The Bertz CT molecular complexity index is 1210. The van der Waals surface area contributed by atoms with E-state index in [4.69, 9.17) is 0 Å². The highest BCUT2D eigenvalue weighted by molar-refractivity contribution is 7.88. The fourth-order valence-electron chi connectivity index (χ4n) is 3.79. The second-order valence-electron chi connectivity index (χ2n) is 9.14. The Morgan fingerprint density at radius 2 is 1.78 bits per heavy atom. The lowest BCUT2D eigenvalue weighted by atomic mass is 9.87. The van der Waals surface area contributed by atoms with Gasteiger partial charge < -0.3 is 5.32 Å². The number of H-pyrrole nitrogens is 1. The van der Waals surface area contributed by atoms with Gasteiger partial charge >= 0.3 is 0 Å². The summed E-state index contributed by atoms with van der Waals surface area (Å²) in [6.07, 6.45) is 0.520. The smallest absolute Gasteiger partial charge is 0.256 e. The van der Waals surface area contributed by atoms with Crippen LogP contribution in [0.5, 0.6) is 0 Å². The van der Waals surface area contributed by atoms with Crippen LogP contribution in [-0.4, -0.2) is 35.4 Å². The number of aromatic nitrogens is 2. The molecular weight excluding hydrogens is 424 g/mol. The van der Waals surface area contributed by atoms with E-state index in [0.717, 1.165) is 16.8 Å². The maximum absolute atomic E-state index is 13.0. The van der Waals surface area contributed by atoms with E-state index < -0.39 is 10.0 Å². The first-order chi connectivity index (χ1) is 15.1. The van der Waals surface area contributed by atoms with Crippen molar-refractivity contribution >= 4 is 21.7 Å². The van der Waals surface area contributed by atoms with Crippen LogP contribution in [0.3, 0.4) is 0 Å². The molecule has 0 fully saturated rings. The Morgan fingerprint density at radius 1 is 1.09 bits per heavy atom. The summed E-state index contributed by atoms with van der Waals surface area (Å²) in [6, 6.07) is 16.6. The maximum Gasteiger partial charge on any atom is 0.256 e. The number of fused-ring (bicyclic) bond motifs is 1. The number of nitrogens with one attached hydrogen (secondary N) is 2. The van der Waals surface area contributed by atoms with Gasteiger partial charge in [0.1, 0.15) is 0 Å². The molecule has 0 aliphatic carbocycles. The summed E-state index contributed by atoms with van der Waals surface area (Å²) < 4.78 is 27.4. The van der Waals surface area contributed by atoms with Crippen LogP contribution >= 0.6 is 0 Å². The first-order valence-electron chi connectivity index (χ1n) is 10.6. The van der Waals surface area contributed by atoms with Crippen molar-refractivity contribution in [1.29, 1.82) is 0 Å². The van der Waals surface area contributed by atoms with E-state index in [0.29, 0.717) is 29.9 Å². The SMILES string of the molecule is CC(C)(C)c1ccc(C(=O)Nc2n[nH]c3c2CN(S(=O)(=O)Cc2ccccc2)CC3)cc1. The second kappa shape index (κ2) is 8.52. The minimum absolute atomic E-state index is 0.00493. The van der Waals surface area contributed by atoms with Crippen LogP contribution in [0, 0.1) is 0 Å². The molecule has 2 aromatic carbocycles. The normalized spacial score (nSPS) is 14.7. The van der Waals surface area contributed by atoms with Gasteiger partial charge in [-0.15, -0.1) is 0 Å². The number of hydrogen-bond donors (Lipinski definition) is 2. The predicted octanol–water partition coefficient (Wildman–Crippen LogP) is 3.85. The molecule has 0 saturated heterocycles. The first kappa shape index (κ1) is 22.2. The van der Waals surface area contributed by atoms with Crippen molar-refractivity contribution in [2.75, 3.05) is 11.9 Å². The predicted molar refractivity (Wildman–Crippen MR) is 125 cm³/mol. The number of hydrogen-bond acceptors (Lipinski definition) is 4. The molecule has 1 aliphatic rings. The summed E-state index contributed by atoms with van der Waals surface area (Å²) in [7, 11) is -3.49. The van der Waals surface area contributed by atoms with Gasteiger partial charge in [-0.2, -0.15) is 9.40 Å². The molecule has 1 aromatic heterocycles. The number of rotatable bonds is 5. The van der Waals surface area contributed by atoms with Gasteiger partial charge in [0, 0.05) is 36.3 Å². The number of carbonyl (C=O) groups is 1. The highest BCUT2D eigenvalue weighted by Gasteiger charge is 2.30. The highest BCUT2D eigenvalue weighted by atomic mass is 32.2. The lowest BCUT2D eigenvalue weighted by Gasteiger charge is -2.26. The third-order valence-electron chi connectivity index (χ3n) is 5.73. The van der Waals surface area contributed by atoms with E-state index in [-0.39, 0.29) is 23.6 Å². The van der Waals surface area contributed by atoms with E-state index in [1.807, 2.05) is 30.3 Å². The summed E-state index contributed by atoms with van der Waals surface area (Å²) in [4.78, 5) is 12.8. The molecule has 1 aliphatic heterocycles. The van der Waals surface area contributed by atoms with Crippen molar-refractivity contribution in [3.63, 3.8) is 0 Å². The molecule has 0 unspecified atom stereocenters. The van der Waals surface area contributed by atoms with Gasteiger partial charge in [-0.3, -0.25) is 9.89 Å². The lowest BCUT2D eigenvalue weighted by Crippen LogP contribution is -2.36. The molecule has 0 radical (unpaired) electrons. The molecule has 0 atom stereocenters. The summed E-state index contributed by atoms with van der Waals surface area (Å²) in [6.45, 7) is 6.92. The van der Waals surface area contributed by atoms with E-state index in [1.165, 1.54) is 4.31 Å². The summed E-state index contributed by atoms with van der Waals surface area (Å²) in [5.74, 6) is 0.0524. The Hall–Kier alpha value is -2.97. The lowest BCUT2D eigenvalue weighted by molar-refractivity contribution is 0.102. The summed E-state index contributed by atoms with van der Waals surface area (Å²) in [5.41, 5.74) is 4.00. The molecule has 168 valence electrons. The Morgan fingerprint density at radius 3 is 2.44 bits per heavy atom. The fraction of sp³-hybridized carbons (Fsp3) is 0.333. The molecule has 8 heteroatoms. The van der Waals surface area contributed by atoms with Crippen LogP contribution in [0.25, 0.3) is 0 Å². The minimum Gasteiger partial charge on any atom is -0.305 e. The van der Waals surface area contributed by atoms with Gasteiger partial charge in [0.2, 0.25) is 10.0 Å². The van der Waals surface area contributed by atoms with E-state index >= 15 is 0 Å². The van der Waals surface area contributed by atoms with Crippen molar-refractivity contribution in [1.82, 2.24) is 14.5 Å². The van der Waals surface area contributed by atoms with Crippen LogP contribution in [0.1, 0.15) is 53.5 Å². The van der Waals surface area contributed by atoms with Crippen molar-refractivity contribution in [2.45, 2.75) is 44.9 Å². The van der Waals surface area contributed by atoms with Gasteiger partial charge in [-0.1, -0.05) is 63.2 Å². The van der Waals surface area contributed by atoms with E-state index in [9.17, 15) is 13.2 Å². The third-order valence-corrected chi connectivity index (χ3v) is 7.53. The molecule has 3 aromatic rings. The zero-order valence-electron chi connectivity index (χ0n) is 18.6. The van der Waals surface area contributed by atoms with Gasteiger partial charge in [0.15, 0.2) is 5.82 Å². The number of sulfonamides is 1. The number of nitrogens with zero attached hydrogens (tertiary/aromatic N) is 2. The third kappa shape index (κ3) is 4.76. The average Bonchev–Trinajstić information content (AvgIpc) is 3.15. The summed E-state index contributed by atoms with van der Waals surface area (Å²) >= 11 is 0. The molecular formula is C24H28N4O3S. The van der Waals surface area contributed by atoms with Gasteiger partial charge in [0.25, 0.3) is 5.91 Å². The first-order valence-corrected chi connectivity index (χ1v) is 12.2. The Balaban J connectivity index is 1.49. The summed E-state index contributed by atoms with van der Waals surface area (Å²) in [5, 5.41) is 10.0.